The standard InChI is InChI=1S/C14H16ClFN4O/c1-9-4-10(6-20-14(9)21-8-16)5-18-7-11-12(17)2-3-19-13(11)15/h2-4,6-7,12,18H,5,8,17H2,1H3/b11-7+. The molecule has 2 rings (SSSR count). The average molecular weight is 311 g/mol. The third kappa shape index (κ3) is 4.03. The molecule has 0 aromatic carbocycles. The number of ether oxygens (including phenoxy) is 1. The number of hydrogen-bond acceptors (Lipinski definition) is 5. The Morgan fingerprint density at radius 1 is 1.57 bits per heavy atom. The lowest BCUT2D eigenvalue weighted by molar-refractivity contribution is 0.183. The molecule has 1 aliphatic heterocycles. The Bertz CT molecular complexity index is 601. The van der Waals surface area contributed by atoms with E-state index in [1.54, 1.807) is 24.7 Å². The van der Waals surface area contributed by atoms with Crippen molar-refractivity contribution < 1.29 is 9.13 Å². The first-order chi connectivity index (χ1) is 10.1. The van der Waals surface area contributed by atoms with Crippen molar-refractivity contribution in [3.8, 4) is 5.88 Å². The van der Waals surface area contributed by atoms with Gasteiger partial charge in [0.1, 0.15) is 5.17 Å². The topological polar surface area (TPSA) is 72.5 Å². The third-order valence-electron chi connectivity index (χ3n) is 2.92. The van der Waals surface area contributed by atoms with Crippen LogP contribution in [0.25, 0.3) is 0 Å². The molecule has 2 heterocycles. The highest BCUT2D eigenvalue weighted by molar-refractivity contribution is 6.70. The molecule has 0 bridgehead atoms. The summed E-state index contributed by atoms with van der Waals surface area (Å²) in [5.74, 6) is 0.300. The van der Waals surface area contributed by atoms with Gasteiger partial charge < -0.3 is 15.8 Å². The van der Waals surface area contributed by atoms with Crippen molar-refractivity contribution in [2.45, 2.75) is 19.5 Å². The van der Waals surface area contributed by atoms with Gasteiger partial charge in [0.2, 0.25) is 12.7 Å². The average Bonchev–Trinajstić information content (AvgIpc) is 2.45. The minimum absolute atomic E-state index is 0.275. The first-order valence-electron chi connectivity index (χ1n) is 6.35. The van der Waals surface area contributed by atoms with Gasteiger partial charge in [0.15, 0.2) is 0 Å². The summed E-state index contributed by atoms with van der Waals surface area (Å²) in [5, 5.41) is 3.49. The van der Waals surface area contributed by atoms with Crippen LogP contribution in [0.5, 0.6) is 5.88 Å². The molecule has 1 aromatic heterocycles. The van der Waals surface area contributed by atoms with Crippen LogP contribution < -0.4 is 15.8 Å². The van der Waals surface area contributed by atoms with Gasteiger partial charge in [-0.1, -0.05) is 11.6 Å². The zero-order valence-corrected chi connectivity index (χ0v) is 12.3. The van der Waals surface area contributed by atoms with Gasteiger partial charge in [0, 0.05) is 36.3 Å². The fourth-order valence-corrected chi connectivity index (χ4v) is 2.11. The van der Waals surface area contributed by atoms with Crippen LogP contribution in [0.1, 0.15) is 11.1 Å². The van der Waals surface area contributed by atoms with Crippen LogP contribution in [-0.2, 0) is 6.54 Å². The zero-order valence-electron chi connectivity index (χ0n) is 11.5. The summed E-state index contributed by atoms with van der Waals surface area (Å²) in [7, 11) is 0. The van der Waals surface area contributed by atoms with Crippen molar-refractivity contribution in [2.24, 2.45) is 10.7 Å². The van der Waals surface area contributed by atoms with Gasteiger partial charge in [-0.2, -0.15) is 0 Å². The molecule has 0 fully saturated rings. The number of hydrogen-bond donors (Lipinski definition) is 2. The highest BCUT2D eigenvalue weighted by atomic mass is 35.5. The van der Waals surface area contributed by atoms with Crippen LogP contribution in [0.4, 0.5) is 4.39 Å². The number of nitrogens with zero attached hydrogens (tertiary/aromatic N) is 2. The normalized spacial score (nSPS) is 19.5. The van der Waals surface area contributed by atoms with Crippen molar-refractivity contribution >= 4 is 16.8 Å². The summed E-state index contributed by atoms with van der Waals surface area (Å²) in [6.45, 7) is 1.46. The molecule has 7 heteroatoms. The number of alkyl halides is 1. The van der Waals surface area contributed by atoms with Crippen molar-refractivity contribution in [1.82, 2.24) is 10.3 Å². The molecule has 1 aliphatic rings. The van der Waals surface area contributed by atoms with Crippen LogP contribution >= 0.6 is 11.6 Å². The monoisotopic (exact) mass is 310 g/mol. The molecule has 0 saturated carbocycles. The quantitative estimate of drug-likeness (QED) is 0.874. The van der Waals surface area contributed by atoms with E-state index in [4.69, 9.17) is 22.1 Å². The van der Waals surface area contributed by atoms with E-state index in [9.17, 15) is 4.39 Å². The maximum Gasteiger partial charge on any atom is 0.230 e. The molecule has 0 saturated heterocycles. The molecular weight excluding hydrogens is 295 g/mol. The molecule has 1 unspecified atom stereocenters. The van der Waals surface area contributed by atoms with E-state index in [0.717, 1.165) is 16.7 Å². The Labute approximate surface area is 127 Å². The molecule has 5 nitrogen and oxygen atoms in total. The Balaban J connectivity index is 1.99. The van der Waals surface area contributed by atoms with Crippen LogP contribution in [0.3, 0.4) is 0 Å². The molecule has 1 atom stereocenters. The Hall–Kier alpha value is -1.92. The Kier molecular flexibility index (Phi) is 5.30. The van der Waals surface area contributed by atoms with Gasteiger partial charge in [-0.25, -0.2) is 14.4 Å². The number of aryl methyl sites for hydroxylation is 1. The van der Waals surface area contributed by atoms with E-state index in [-0.39, 0.29) is 6.04 Å². The largest absolute Gasteiger partial charge is 0.446 e. The maximum atomic E-state index is 12.1. The van der Waals surface area contributed by atoms with E-state index in [2.05, 4.69) is 15.3 Å². The maximum absolute atomic E-state index is 12.1. The molecule has 0 radical (unpaired) electrons. The lowest BCUT2D eigenvalue weighted by atomic mass is 10.1. The van der Waals surface area contributed by atoms with Crippen LogP contribution in [0.15, 0.2) is 41.3 Å². The Morgan fingerprint density at radius 2 is 2.38 bits per heavy atom. The number of halogens is 2. The molecule has 0 amide bonds. The van der Waals surface area contributed by atoms with Crippen molar-refractivity contribution in [2.75, 3.05) is 6.86 Å². The minimum Gasteiger partial charge on any atom is -0.446 e. The SMILES string of the molecule is Cc1cc(CN/C=C2/C(Cl)=NC=CC2N)cnc1OCF. The molecule has 112 valence electrons. The lowest BCUT2D eigenvalue weighted by Crippen LogP contribution is -2.26. The summed E-state index contributed by atoms with van der Waals surface area (Å²) < 4.78 is 16.9. The summed E-state index contributed by atoms with van der Waals surface area (Å²) in [6, 6.07) is 1.60. The molecule has 0 aliphatic carbocycles. The van der Waals surface area contributed by atoms with Crippen LogP contribution in [0, 0.1) is 6.92 Å². The van der Waals surface area contributed by atoms with E-state index < -0.39 is 6.86 Å². The van der Waals surface area contributed by atoms with E-state index in [1.807, 2.05) is 13.0 Å². The van der Waals surface area contributed by atoms with Gasteiger partial charge in [-0.3, -0.25) is 0 Å². The summed E-state index contributed by atoms with van der Waals surface area (Å²) >= 11 is 5.99. The summed E-state index contributed by atoms with van der Waals surface area (Å²) in [6.07, 6.45) is 6.70. The highest BCUT2D eigenvalue weighted by Gasteiger charge is 2.14. The second kappa shape index (κ2) is 7.19. The third-order valence-corrected chi connectivity index (χ3v) is 3.24. The molecule has 3 N–H and O–H groups in total. The predicted molar refractivity (Wildman–Crippen MR) is 80.9 cm³/mol. The molecule has 0 spiro atoms. The van der Waals surface area contributed by atoms with E-state index in [1.165, 1.54) is 0 Å². The smallest absolute Gasteiger partial charge is 0.230 e. The summed E-state index contributed by atoms with van der Waals surface area (Å²) in [4.78, 5) is 8.04. The first kappa shape index (κ1) is 15.5. The predicted octanol–water partition coefficient (Wildman–Crippen LogP) is 2.16. The van der Waals surface area contributed by atoms with Gasteiger partial charge >= 0.3 is 0 Å². The van der Waals surface area contributed by atoms with E-state index in [0.29, 0.717) is 17.6 Å². The Morgan fingerprint density at radius 3 is 3.05 bits per heavy atom. The second-order valence-electron chi connectivity index (χ2n) is 4.49. The van der Waals surface area contributed by atoms with Gasteiger partial charge in [0.25, 0.3) is 0 Å². The zero-order chi connectivity index (χ0) is 15.2. The fourth-order valence-electron chi connectivity index (χ4n) is 1.87. The fraction of sp³-hybridized carbons (Fsp3) is 0.286. The van der Waals surface area contributed by atoms with Crippen LogP contribution in [-0.4, -0.2) is 23.1 Å². The number of nitrogens with one attached hydrogen (secondary N) is 1. The highest BCUT2D eigenvalue weighted by Crippen LogP contribution is 2.16. The van der Waals surface area contributed by atoms with E-state index >= 15 is 0 Å². The number of pyridine rings is 1. The summed E-state index contributed by atoms with van der Waals surface area (Å²) in [5.41, 5.74) is 8.33. The number of rotatable bonds is 5. The van der Waals surface area contributed by atoms with Crippen LogP contribution in [0.2, 0.25) is 0 Å². The molecular formula is C14H16ClFN4O. The minimum atomic E-state index is -0.888. The van der Waals surface area contributed by atoms with Crippen molar-refractivity contribution in [3.63, 3.8) is 0 Å². The number of aromatic nitrogens is 1. The number of aliphatic imine (C=N–C) groups is 1. The van der Waals surface area contributed by atoms with Crippen molar-refractivity contribution in [3.05, 3.63) is 47.4 Å². The second-order valence-corrected chi connectivity index (χ2v) is 4.84. The lowest BCUT2D eigenvalue weighted by Gasteiger charge is -2.14. The van der Waals surface area contributed by atoms with Gasteiger partial charge in [-0.15, -0.1) is 0 Å². The number of nitrogens with two attached hydrogens (primary N) is 1. The van der Waals surface area contributed by atoms with Gasteiger partial charge in [-0.05, 0) is 24.6 Å². The van der Waals surface area contributed by atoms with Crippen molar-refractivity contribution in [1.29, 1.82) is 0 Å². The molecule has 1 aromatic rings. The molecule has 21 heavy (non-hydrogen) atoms. The van der Waals surface area contributed by atoms with Gasteiger partial charge in [0.05, 0.1) is 6.04 Å². The first-order valence-corrected chi connectivity index (χ1v) is 6.73.